The second-order valence-electron chi connectivity index (χ2n) is 2.48. The highest BCUT2D eigenvalue weighted by molar-refractivity contribution is 6.02. The first-order chi connectivity index (χ1) is 6.46. The number of halogens is 3. The molecular weight excluding hydrogens is 211 g/mol. The van der Waals surface area contributed by atoms with Crippen LogP contribution >= 0.6 is 0 Å². The smallest absolute Gasteiger partial charge is 0.412 e. The van der Waals surface area contributed by atoms with E-state index >= 15 is 0 Å². The lowest BCUT2D eigenvalue weighted by Crippen LogP contribution is -2.23. The van der Waals surface area contributed by atoms with E-state index in [0.29, 0.717) is 0 Å². The van der Waals surface area contributed by atoms with Gasteiger partial charge in [-0.3, -0.25) is 4.79 Å². The number of alkyl halides is 3. The second-order valence-corrected chi connectivity index (χ2v) is 2.48. The Morgan fingerprint density at radius 1 is 1.27 bits per heavy atom. The minimum Gasteiger partial charge on any atom is -0.412 e. The van der Waals surface area contributed by atoms with Crippen LogP contribution in [0, 0.1) is 11.3 Å². The van der Waals surface area contributed by atoms with Crippen LogP contribution in [0.2, 0.25) is 0 Å². The molecule has 1 aromatic rings. The Hall–Kier alpha value is -1.87. The maximum atomic E-state index is 12.0. The minimum absolute atomic E-state index is 0. The molecule has 0 heterocycles. The maximum Gasteiger partial charge on any atom is 0.454 e. The molecule has 0 aromatic heterocycles. The predicted octanol–water partition coefficient (Wildman–Crippen LogP) is 1.48. The van der Waals surface area contributed by atoms with Gasteiger partial charge in [-0.05, 0) is 12.1 Å². The molecule has 0 atom stereocenters. The third kappa shape index (κ3) is 2.79. The molecule has 80 valence electrons. The van der Waals surface area contributed by atoms with Crippen molar-refractivity contribution < 1.29 is 23.4 Å². The number of Topliss-reactive ketones (excluding diaryl/α,β-unsaturated/α-hetero) is 1. The van der Waals surface area contributed by atoms with Crippen LogP contribution in [0.4, 0.5) is 13.2 Å². The van der Waals surface area contributed by atoms with Crippen LogP contribution in [-0.2, 0) is 0 Å². The number of benzene rings is 1. The van der Waals surface area contributed by atoms with Gasteiger partial charge in [-0.2, -0.15) is 18.4 Å². The number of rotatable bonds is 1. The number of nitrogens with zero attached hydrogens (tertiary/aromatic N) is 1. The van der Waals surface area contributed by atoms with Gasteiger partial charge in [0.25, 0.3) is 5.78 Å². The normalized spacial score (nSPS) is 10.0. The van der Waals surface area contributed by atoms with Crippen LogP contribution in [0.25, 0.3) is 0 Å². The first-order valence-corrected chi connectivity index (χ1v) is 3.57. The lowest BCUT2D eigenvalue weighted by atomic mass is 10.0. The van der Waals surface area contributed by atoms with Crippen molar-refractivity contribution in [2.45, 2.75) is 6.18 Å². The summed E-state index contributed by atoms with van der Waals surface area (Å²) in [6, 6.07) is 6.35. The van der Waals surface area contributed by atoms with Crippen molar-refractivity contribution in [2.75, 3.05) is 0 Å². The van der Waals surface area contributed by atoms with Gasteiger partial charge in [0.2, 0.25) is 0 Å². The molecule has 0 unspecified atom stereocenters. The number of hydrogen-bond donors (Lipinski definition) is 0. The fourth-order valence-electron chi connectivity index (χ4n) is 0.931. The maximum absolute atomic E-state index is 12.0. The fraction of sp³-hybridized carbons (Fsp3) is 0.111. The van der Waals surface area contributed by atoms with E-state index in [4.69, 9.17) is 5.26 Å². The molecule has 0 radical (unpaired) electrons. The van der Waals surface area contributed by atoms with Crippen LogP contribution in [0.3, 0.4) is 0 Å². The number of nitriles is 1. The molecule has 15 heavy (non-hydrogen) atoms. The van der Waals surface area contributed by atoms with Gasteiger partial charge in [0.1, 0.15) is 0 Å². The number of ketones is 1. The zero-order valence-electron chi connectivity index (χ0n) is 7.30. The molecule has 0 aliphatic carbocycles. The number of carbonyl (C=O) groups excluding carboxylic acids is 1. The van der Waals surface area contributed by atoms with Gasteiger partial charge in [0, 0.05) is 5.56 Å². The summed E-state index contributed by atoms with van der Waals surface area (Å²) in [7, 11) is 0. The SMILES string of the molecule is N#Cc1ccccc1C(=O)C(F)(F)F.O. The van der Waals surface area contributed by atoms with Gasteiger partial charge >= 0.3 is 6.18 Å². The molecule has 0 bridgehead atoms. The van der Waals surface area contributed by atoms with E-state index in [1.807, 2.05) is 0 Å². The first-order valence-electron chi connectivity index (χ1n) is 3.57. The molecule has 0 aliphatic heterocycles. The van der Waals surface area contributed by atoms with Gasteiger partial charge in [-0.25, -0.2) is 0 Å². The van der Waals surface area contributed by atoms with E-state index in [1.54, 1.807) is 0 Å². The standard InChI is InChI=1S/C9H4F3NO.H2O/c10-9(11,12)8(14)7-4-2-1-3-6(7)5-13;/h1-4H;1H2. The van der Waals surface area contributed by atoms with Crippen LogP contribution in [0.1, 0.15) is 15.9 Å². The van der Waals surface area contributed by atoms with Crippen molar-refractivity contribution in [1.82, 2.24) is 0 Å². The second kappa shape index (κ2) is 4.57. The molecule has 0 amide bonds. The summed E-state index contributed by atoms with van der Waals surface area (Å²) in [6.45, 7) is 0. The van der Waals surface area contributed by atoms with Crippen molar-refractivity contribution >= 4 is 5.78 Å². The van der Waals surface area contributed by atoms with Gasteiger partial charge in [-0.1, -0.05) is 12.1 Å². The summed E-state index contributed by atoms with van der Waals surface area (Å²) >= 11 is 0. The zero-order chi connectivity index (χ0) is 10.8. The first kappa shape index (κ1) is 13.1. The summed E-state index contributed by atoms with van der Waals surface area (Å²) < 4.78 is 36.0. The molecule has 3 nitrogen and oxygen atoms in total. The van der Waals surface area contributed by atoms with E-state index in [2.05, 4.69) is 0 Å². The summed E-state index contributed by atoms with van der Waals surface area (Å²) in [4.78, 5) is 10.8. The van der Waals surface area contributed by atoms with E-state index in [1.165, 1.54) is 24.3 Å². The van der Waals surface area contributed by atoms with Crippen LogP contribution in [0.15, 0.2) is 24.3 Å². The molecule has 2 N–H and O–H groups in total. The van der Waals surface area contributed by atoms with E-state index in [-0.39, 0.29) is 11.0 Å². The van der Waals surface area contributed by atoms with Crippen molar-refractivity contribution in [3.63, 3.8) is 0 Å². The average Bonchev–Trinajstić information content (AvgIpc) is 2.15. The topological polar surface area (TPSA) is 72.4 Å². The lowest BCUT2D eigenvalue weighted by Gasteiger charge is -2.05. The molecule has 0 spiro atoms. The van der Waals surface area contributed by atoms with Gasteiger partial charge in [-0.15, -0.1) is 0 Å². The highest BCUT2D eigenvalue weighted by atomic mass is 19.4. The Labute approximate surface area is 83.1 Å². The molecule has 0 saturated carbocycles. The van der Waals surface area contributed by atoms with Crippen molar-refractivity contribution in [3.05, 3.63) is 35.4 Å². The zero-order valence-corrected chi connectivity index (χ0v) is 7.30. The highest BCUT2D eigenvalue weighted by Crippen LogP contribution is 2.23. The van der Waals surface area contributed by atoms with E-state index in [0.717, 1.165) is 6.07 Å². The molecule has 0 fully saturated rings. The Bertz CT molecular complexity index is 407. The lowest BCUT2D eigenvalue weighted by molar-refractivity contribution is -0.0885. The van der Waals surface area contributed by atoms with E-state index in [9.17, 15) is 18.0 Å². The Morgan fingerprint density at radius 2 is 1.80 bits per heavy atom. The summed E-state index contributed by atoms with van der Waals surface area (Å²) in [5, 5.41) is 8.46. The third-order valence-corrected chi connectivity index (χ3v) is 1.55. The fourth-order valence-corrected chi connectivity index (χ4v) is 0.931. The summed E-state index contributed by atoms with van der Waals surface area (Å²) in [5.74, 6) is -1.99. The quantitative estimate of drug-likeness (QED) is 0.668. The van der Waals surface area contributed by atoms with Crippen molar-refractivity contribution in [2.24, 2.45) is 0 Å². The minimum atomic E-state index is -4.94. The predicted molar refractivity (Wildman–Crippen MR) is 45.2 cm³/mol. The number of carbonyl (C=O) groups is 1. The monoisotopic (exact) mass is 217 g/mol. The Morgan fingerprint density at radius 3 is 2.27 bits per heavy atom. The Kier molecular flexibility index (Phi) is 4.00. The van der Waals surface area contributed by atoms with Crippen LogP contribution in [-0.4, -0.2) is 17.4 Å². The Balaban J connectivity index is 0.00000196. The third-order valence-electron chi connectivity index (χ3n) is 1.55. The molecule has 1 rings (SSSR count). The highest BCUT2D eigenvalue weighted by Gasteiger charge is 2.40. The number of hydrogen-bond acceptors (Lipinski definition) is 2. The van der Waals surface area contributed by atoms with Gasteiger partial charge < -0.3 is 5.48 Å². The summed E-state index contributed by atoms with van der Waals surface area (Å²) in [5.41, 5.74) is -0.877. The largest absolute Gasteiger partial charge is 0.454 e. The molecule has 0 saturated heterocycles. The van der Waals surface area contributed by atoms with Crippen molar-refractivity contribution in [3.8, 4) is 6.07 Å². The van der Waals surface area contributed by atoms with E-state index < -0.39 is 17.5 Å². The van der Waals surface area contributed by atoms with Gasteiger partial charge in [0.05, 0.1) is 11.6 Å². The summed E-state index contributed by atoms with van der Waals surface area (Å²) in [6.07, 6.45) is -4.94. The molecule has 0 aliphatic rings. The van der Waals surface area contributed by atoms with Crippen LogP contribution in [0.5, 0.6) is 0 Å². The van der Waals surface area contributed by atoms with Crippen molar-refractivity contribution in [1.29, 1.82) is 5.26 Å². The van der Waals surface area contributed by atoms with Gasteiger partial charge in [0.15, 0.2) is 0 Å². The molecule has 1 aromatic carbocycles. The average molecular weight is 217 g/mol. The molecular formula is C9H6F3NO2. The molecule has 6 heteroatoms. The van der Waals surface area contributed by atoms with Crippen LogP contribution < -0.4 is 0 Å².